The van der Waals surface area contributed by atoms with E-state index in [1.54, 1.807) is 133 Å². The molecule has 12 N–H and O–H groups in total. The first kappa shape index (κ1) is 71.6. The standard InChI is InChI=1S/C23H23NO7.C19H15NO7.C16H16BrNO6.C7H9BO3/c1-23(2,3)31-18(26)11-24-21(28)19-20(27)16-9-8-15(10-17(16)30-22(19)29)14-6-4-13(12-25)5-7-14;21-9-10-1-3-11(4-2-10)12-5-6-13-14(7-12)27-19(26)16(17(13)24)18(25)20-8-15(22)23;1-16(2,3)24-11(19)7-18-14(21)12-13(20)9-5-4-8(17)6-10(9)23-15(12)22;9-5-6-1-3-7(4-2-6)8(10)11/h4-10,25,27H,11-12H2,1-3H3,(H,24,28);1-7,21,24H,8-9H2,(H,20,25)(H,22,23);4-6,20H,7H2,1-3H3,(H,18,21);1-4,9-11H,5H2. The van der Waals surface area contributed by atoms with Gasteiger partial charge in [-0.15, -0.1) is 0 Å². The van der Waals surface area contributed by atoms with Gasteiger partial charge in [0.2, 0.25) is 0 Å². The van der Waals surface area contributed by atoms with Crippen molar-refractivity contribution in [2.75, 3.05) is 19.6 Å². The van der Waals surface area contributed by atoms with Gasteiger partial charge in [0.1, 0.15) is 64.8 Å². The van der Waals surface area contributed by atoms with Crippen molar-refractivity contribution in [2.24, 2.45) is 0 Å². The molecule has 486 valence electrons. The van der Waals surface area contributed by atoms with Gasteiger partial charge >= 0.3 is 41.9 Å². The Hall–Kier alpha value is -10.5. The Labute approximate surface area is 536 Å². The fraction of sp³-hybridized carbons (Fsp3) is 0.215. The molecule has 3 heterocycles. The Balaban J connectivity index is 0.000000206. The molecular weight excluding hydrogens is 1280 g/mol. The third-order valence-electron chi connectivity index (χ3n) is 12.7. The van der Waals surface area contributed by atoms with Crippen molar-refractivity contribution in [3.8, 4) is 39.5 Å². The number of hydrogen-bond acceptors (Lipinski definition) is 22. The van der Waals surface area contributed by atoms with Crippen molar-refractivity contribution < 1.29 is 97.3 Å². The summed E-state index contributed by atoms with van der Waals surface area (Å²) >= 11 is 3.22. The number of halogens is 1. The Kier molecular flexibility index (Phi) is 24.2. The van der Waals surface area contributed by atoms with Gasteiger partial charge in [-0.2, -0.15) is 0 Å². The number of amides is 3. The summed E-state index contributed by atoms with van der Waals surface area (Å²) in [6, 6.07) is 34.8. The SMILES string of the molecule is CC(C)(C)OC(=O)CNC(=O)c1c(O)c2ccc(-c3ccc(CO)cc3)cc2oc1=O.CC(C)(C)OC(=O)CNC(=O)c1c(O)c2ccc(Br)cc2oc1=O.O=C(O)CNC(=O)c1c(O)c2ccc(-c3ccc(CO)cc3)cc2oc1=O.OCc1ccc(B(O)O)cc1. The van der Waals surface area contributed by atoms with Crippen LogP contribution in [0.5, 0.6) is 17.2 Å². The van der Waals surface area contributed by atoms with Crippen molar-refractivity contribution in [3.63, 3.8) is 0 Å². The van der Waals surface area contributed by atoms with Crippen LogP contribution in [0.3, 0.4) is 0 Å². The number of rotatable bonds is 15. The normalized spacial score (nSPS) is 11.0. The number of aromatic hydroxyl groups is 3. The maximum Gasteiger partial charge on any atom is 0.488 e. The van der Waals surface area contributed by atoms with Gasteiger partial charge < -0.3 is 84.5 Å². The molecule has 6 aromatic carbocycles. The van der Waals surface area contributed by atoms with Crippen molar-refractivity contribution in [3.05, 3.63) is 197 Å². The van der Waals surface area contributed by atoms with E-state index < -0.39 is 124 Å². The molecule has 0 aliphatic carbocycles. The smallest absolute Gasteiger partial charge is 0.488 e. The molecular formula is C65H63BBrN3O23. The number of carboxylic acid groups (broad SMARTS) is 1. The largest absolute Gasteiger partial charge is 0.506 e. The van der Waals surface area contributed by atoms with Crippen LogP contribution in [0.2, 0.25) is 0 Å². The number of carboxylic acids is 1. The van der Waals surface area contributed by atoms with E-state index in [9.17, 15) is 58.5 Å². The van der Waals surface area contributed by atoms with Gasteiger partial charge in [-0.1, -0.05) is 101 Å². The van der Waals surface area contributed by atoms with Crippen LogP contribution in [0.1, 0.15) is 89.3 Å². The average Bonchev–Trinajstić information content (AvgIpc) is 0.795. The number of nitrogens with one attached hydrogen (secondary N) is 3. The van der Waals surface area contributed by atoms with Crippen molar-refractivity contribution in [1.82, 2.24) is 16.0 Å². The second-order valence-corrected chi connectivity index (χ2v) is 22.9. The molecule has 0 radical (unpaired) electrons. The summed E-state index contributed by atoms with van der Waals surface area (Å²) in [6.07, 6.45) is 0. The summed E-state index contributed by atoms with van der Waals surface area (Å²) in [4.78, 5) is 107. The van der Waals surface area contributed by atoms with Crippen molar-refractivity contribution in [2.45, 2.75) is 72.6 Å². The lowest BCUT2D eigenvalue weighted by Gasteiger charge is -2.19. The third-order valence-corrected chi connectivity index (χ3v) is 13.2. The van der Waals surface area contributed by atoms with Crippen LogP contribution in [0.15, 0.2) is 160 Å². The molecule has 0 aliphatic heterocycles. The number of esters is 2. The number of aliphatic hydroxyl groups excluding tert-OH is 3. The summed E-state index contributed by atoms with van der Waals surface area (Å²) in [7, 11) is -1.43. The van der Waals surface area contributed by atoms with Crippen LogP contribution in [0, 0.1) is 0 Å². The van der Waals surface area contributed by atoms with Crippen LogP contribution in [0.25, 0.3) is 55.2 Å². The van der Waals surface area contributed by atoms with E-state index >= 15 is 0 Å². The summed E-state index contributed by atoms with van der Waals surface area (Å²) in [6.45, 7) is 8.36. The minimum Gasteiger partial charge on any atom is -0.506 e. The van der Waals surface area contributed by atoms with Crippen LogP contribution >= 0.6 is 15.9 Å². The highest BCUT2D eigenvalue weighted by Gasteiger charge is 2.26. The van der Waals surface area contributed by atoms with E-state index in [0.717, 1.165) is 33.4 Å². The first-order chi connectivity index (χ1) is 43.8. The molecule has 0 atom stereocenters. The summed E-state index contributed by atoms with van der Waals surface area (Å²) in [5.41, 5.74) is -0.238. The molecule has 93 heavy (non-hydrogen) atoms. The first-order valence-corrected chi connectivity index (χ1v) is 28.6. The van der Waals surface area contributed by atoms with Gasteiger partial charge in [0.05, 0.1) is 36.0 Å². The summed E-state index contributed by atoms with van der Waals surface area (Å²) in [5, 5.41) is 90.9. The number of benzene rings is 6. The molecule has 9 aromatic rings. The monoisotopic (exact) mass is 1340 g/mol. The molecule has 26 nitrogen and oxygen atoms in total. The number of carbonyl (C=O) groups is 6. The molecule has 0 aliphatic rings. The lowest BCUT2D eigenvalue weighted by Crippen LogP contribution is -2.36. The van der Waals surface area contributed by atoms with Gasteiger partial charge in [0.25, 0.3) is 17.7 Å². The molecule has 9 rings (SSSR count). The Morgan fingerprint density at radius 2 is 0.753 bits per heavy atom. The molecule has 3 amide bonds. The predicted octanol–water partition coefficient (Wildman–Crippen LogP) is 5.39. The summed E-state index contributed by atoms with van der Waals surface area (Å²) < 4.78 is 26.2. The molecule has 28 heteroatoms. The predicted molar refractivity (Wildman–Crippen MR) is 341 cm³/mol. The Morgan fingerprint density at radius 3 is 1.06 bits per heavy atom. The molecule has 0 spiro atoms. The molecule has 0 fully saturated rings. The van der Waals surface area contributed by atoms with Crippen molar-refractivity contribution >= 4 is 97.0 Å². The topological polar surface area (TPSA) is 430 Å². The number of carbonyl (C=O) groups excluding carboxylic acids is 5. The van der Waals surface area contributed by atoms with E-state index in [1.165, 1.54) is 24.3 Å². The second-order valence-electron chi connectivity index (χ2n) is 22.0. The number of hydrogen-bond donors (Lipinski definition) is 12. The zero-order valence-corrected chi connectivity index (χ0v) is 52.1. The average molecular weight is 1340 g/mol. The third kappa shape index (κ3) is 19.8. The minimum atomic E-state index is -1.43. The molecule has 3 aromatic heterocycles. The van der Waals surface area contributed by atoms with Gasteiger partial charge in [-0.05, 0) is 128 Å². The lowest BCUT2D eigenvalue weighted by molar-refractivity contribution is -0.154. The number of aliphatic hydroxyl groups is 3. The molecule has 0 saturated heterocycles. The molecule has 0 bridgehead atoms. The number of aliphatic carboxylic acids is 1. The fourth-order valence-corrected chi connectivity index (χ4v) is 8.71. The van der Waals surface area contributed by atoms with Crippen molar-refractivity contribution in [1.29, 1.82) is 0 Å². The highest BCUT2D eigenvalue weighted by molar-refractivity contribution is 9.10. The van der Waals surface area contributed by atoms with Gasteiger partial charge in [-0.3, -0.25) is 28.8 Å². The zero-order valence-electron chi connectivity index (χ0n) is 50.6. The van der Waals surface area contributed by atoms with Crippen LogP contribution in [0.4, 0.5) is 0 Å². The quantitative estimate of drug-likeness (QED) is 0.0347. The first-order valence-electron chi connectivity index (χ1n) is 27.8. The van der Waals surface area contributed by atoms with E-state index in [2.05, 4.69) is 26.6 Å². The maximum absolute atomic E-state index is 12.4. The lowest BCUT2D eigenvalue weighted by atomic mass is 9.80. The van der Waals surface area contributed by atoms with Gasteiger partial charge in [-0.25, -0.2) is 14.4 Å². The maximum atomic E-state index is 12.4. The zero-order chi connectivity index (χ0) is 68.6. The van der Waals surface area contributed by atoms with Crippen LogP contribution in [-0.2, 0) is 43.7 Å². The Bertz CT molecular complexity index is 4420. The fourth-order valence-electron chi connectivity index (χ4n) is 8.37. The summed E-state index contributed by atoms with van der Waals surface area (Å²) in [5.74, 6) is -7.14. The van der Waals surface area contributed by atoms with Gasteiger partial charge in [0.15, 0.2) is 16.7 Å². The highest BCUT2D eigenvalue weighted by Crippen LogP contribution is 2.33. The highest BCUT2D eigenvalue weighted by atomic mass is 79.9. The van der Waals surface area contributed by atoms with Crippen LogP contribution in [-0.4, -0.2) is 119 Å². The molecule has 0 unspecified atom stereocenters. The number of ether oxygens (including phenoxy) is 2. The van der Waals surface area contributed by atoms with E-state index in [-0.39, 0.29) is 52.7 Å². The van der Waals surface area contributed by atoms with E-state index in [1.807, 2.05) is 17.4 Å². The minimum absolute atomic E-state index is 0.0260. The van der Waals surface area contributed by atoms with E-state index in [0.29, 0.717) is 15.5 Å². The molecule has 0 saturated carbocycles. The van der Waals surface area contributed by atoms with Crippen LogP contribution < -0.4 is 38.3 Å². The number of fused-ring (bicyclic) bond motifs is 3. The second kappa shape index (κ2) is 31.5. The van der Waals surface area contributed by atoms with E-state index in [4.69, 9.17) is 53.2 Å². The Morgan fingerprint density at radius 1 is 0.452 bits per heavy atom. The van der Waals surface area contributed by atoms with Gasteiger partial charge in [0, 0.05) is 4.47 Å².